The van der Waals surface area contributed by atoms with Gasteiger partial charge >= 0.3 is 5.97 Å². The highest BCUT2D eigenvalue weighted by Crippen LogP contribution is 2.20. The molecule has 0 aliphatic carbocycles. The molecule has 1 atom stereocenters. The van der Waals surface area contributed by atoms with Crippen LogP contribution in [0.2, 0.25) is 0 Å². The van der Waals surface area contributed by atoms with Crippen molar-refractivity contribution in [3.63, 3.8) is 0 Å². The molecule has 7 nitrogen and oxygen atoms in total. The monoisotopic (exact) mass is 315 g/mol. The number of anilines is 1. The fraction of sp³-hybridized carbons (Fsp3) is 0.312. The van der Waals surface area contributed by atoms with Gasteiger partial charge in [-0.15, -0.1) is 0 Å². The van der Waals surface area contributed by atoms with Crippen LogP contribution in [0.3, 0.4) is 0 Å². The molecule has 2 heterocycles. The number of carbonyl (C=O) groups is 1. The van der Waals surface area contributed by atoms with E-state index in [-0.39, 0.29) is 18.5 Å². The van der Waals surface area contributed by atoms with Gasteiger partial charge < -0.3 is 15.2 Å². The van der Waals surface area contributed by atoms with E-state index in [9.17, 15) is 9.59 Å². The van der Waals surface area contributed by atoms with Crippen LogP contribution in [-0.4, -0.2) is 33.3 Å². The first-order valence-electron chi connectivity index (χ1n) is 7.33. The summed E-state index contributed by atoms with van der Waals surface area (Å²) in [5.41, 5.74) is 1.98. The summed E-state index contributed by atoms with van der Waals surface area (Å²) in [5.74, 6) is -0.937. The molecule has 7 heteroatoms. The van der Waals surface area contributed by atoms with Gasteiger partial charge in [0.25, 0.3) is 5.56 Å². The van der Waals surface area contributed by atoms with Gasteiger partial charge in [0.15, 0.2) is 5.82 Å². The van der Waals surface area contributed by atoms with Crippen LogP contribution in [0.5, 0.6) is 0 Å². The number of aliphatic carboxylic acids is 1. The molecule has 3 rings (SSSR count). The number of ether oxygens (including phenoxy) is 1. The van der Waals surface area contributed by atoms with Crippen LogP contribution >= 0.6 is 0 Å². The van der Waals surface area contributed by atoms with Gasteiger partial charge in [0.2, 0.25) is 0 Å². The number of rotatable bonds is 5. The number of carboxylic acids is 1. The van der Waals surface area contributed by atoms with Crippen molar-refractivity contribution in [2.24, 2.45) is 0 Å². The van der Waals surface area contributed by atoms with Gasteiger partial charge in [-0.25, -0.2) is 4.98 Å². The van der Waals surface area contributed by atoms with Crippen LogP contribution in [0.4, 0.5) is 5.82 Å². The molecule has 0 bridgehead atoms. The summed E-state index contributed by atoms with van der Waals surface area (Å²) >= 11 is 0. The molecule has 0 fully saturated rings. The number of nitrogens with zero attached hydrogens (tertiary/aromatic N) is 2. The number of hydrogen-bond donors (Lipinski definition) is 2. The summed E-state index contributed by atoms with van der Waals surface area (Å²) in [6.07, 6.45) is 3.47. The summed E-state index contributed by atoms with van der Waals surface area (Å²) in [6.45, 7) is 0.602. The van der Waals surface area contributed by atoms with E-state index in [4.69, 9.17) is 9.84 Å². The second-order valence-electron chi connectivity index (χ2n) is 5.39. The van der Waals surface area contributed by atoms with Crippen molar-refractivity contribution in [3.05, 3.63) is 58.1 Å². The molecule has 0 saturated carbocycles. The Hall–Kier alpha value is -2.67. The first-order valence-corrected chi connectivity index (χ1v) is 7.33. The number of hydrogen-bond acceptors (Lipinski definition) is 5. The minimum Gasteiger partial charge on any atom is -0.480 e. The number of nitrogens with one attached hydrogen (secondary N) is 1. The molecule has 1 aliphatic heterocycles. The van der Waals surface area contributed by atoms with Crippen LogP contribution in [0.25, 0.3) is 0 Å². The maximum Gasteiger partial charge on any atom is 0.323 e. The Morgan fingerprint density at radius 2 is 2.17 bits per heavy atom. The van der Waals surface area contributed by atoms with Crippen molar-refractivity contribution in [2.75, 3.05) is 11.9 Å². The summed E-state index contributed by atoms with van der Waals surface area (Å²) in [6, 6.07) is 8.10. The Labute approximate surface area is 132 Å². The molecule has 0 amide bonds. The first kappa shape index (κ1) is 15.2. The highest BCUT2D eigenvalue weighted by molar-refractivity contribution is 5.66. The summed E-state index contributed by atoms with van der Waals surface area (Å²) in [5, 5.41) is 11.8. The van der Waals surface area contributed by atoms with E-state index in [2.05, 4.69) is 16.4 Å². The van der Waals surface area contributed by atoms with E-state index in [0.717, 1.165) is 11.0 Å². The summed E-state index contributed by atoms with van der Waals surface area (Å²) in [7, 11) is 0. The van der Waals surface area contributed by atoms with Crippen molar-refractivity contribution in [1.29, 1.82) is 0 Å². The molecule has 0 saturated heterocycles. The quantitative estimate of drug-likeness (QED) is 0.851. The summed E-state index contributed by atoms with van der Waals surface area (Å²) in [4.78, 5) is 26.8. The zero-order valence-electron chi connectivity index (χ0n) is 12.4. The molecule has 0 spiro atoms. The third-order valence-electron chi connectivity index (χ3n) is 3.76. The van der Waals surface area contributed by atoms with Crippen LogP contribution in [0, 0.1) is 0 Å². The number of carboxylic acid groups (broad SMARTS) is 1. The fourth-order valence-electron chi connectivity index (χ4n) is 2.59. The first-order chi connectivity index (χ1) is 11.1. The maximum absolute atomic E-state index is 12.1. The van der Waals surface area contributed by atoms with Gasteiger partial charge in [0, 0.05) is 25.4 Å². The minimum atomic E-state index is -1.07. The van der Waals surface area contributed by atoms with E-state index in [0.29, 0.717) is 13.2 Å². The third-order valence-corrected chi connectivity index (χ3v) is 3.76. The molecule has 1 aromatic carbocycles. The van der Waals surface area contributed by atoms with Crippen molar-refractivity contribution >= 4 is 11.8 Å². The fourth-order valence-corrected chi connectivity index (χ4v) is 2.59. The Kier molecular flexibility index (Phi) is 4.38. The van der Waals surface area contributed by atoms with E-state index < -0.39 is 11.5 Å². The van der Waals surface area contributed by atoms with Gasteiger partial charge in [-0.05, 0) is 11.1 Å². The zero-order valence-corrected chi connectivity index (χ0v) is 12.4. The Bertz CT molecular complexity index is 772. The van der Waals surface area contributed by atoms with Gasteiger partial charge in [-0.1, -0.05) is 24.3 Å². The van der Waals surface area contributed by atoms with Gasteiger partial charge in [-0.2, -0.15) is 0 Å². The molecular formula is C16H17N3O4. The average Bonchev–Trinajstić information content (AvgIpc) is 2.55. The third kappa shape index (κ3) is 3.57. The molecule has 23 heavy (non-hydrogen) atoms. The van der Waals surface area contributed by atoms with Crippen molar-refractivity contribution in [2.45, 2.75) is 25.7 Å². The second-order valence-corrected chi connectivity index (χ2v) is 5.39. The highest BCUT2D eigenvalue weighted by Gasteiger charge is 2.19. The lowest BCUT2D eigenvalue weighted by molar-refractivity contribution is -0.137. The van der Waals surface area contributed by atoms with Gasteiger partial charge in [0.05, 0.1) is 12.7 Å². The molecule has 1 aliphatic rings. The topological polar surface area (TPSA) is 93.4 Å². The molecule has 2 N–H and O–H groups in total. The molecule has 0 radical (unpaired) electrons. The largest absolute Gasteiger partial charge is 0.480 e. The molecule has 2 aromatic rings. The van der Waals surface area contributed by atoms with Crippen LogP contribution in [0.1, 0.15) is 11.1 Å². The van der Waals surface area contributed by atoms with E-state index >= 15 is 0 Å². The van der Waals surface area contributed by atoms with Crippen molar-refractivity contribution in [1.82, 2.24) is 9.55 Å². The van der Waals surface area contributed by atoms with Crippen molar-refractivity contribution in [3.8, 4) is 0 Å². The average molecular weight is 315 g/mol. The SMILES string of the molecule is O=C(O)Cn1ccnc(NC[C@@H]2Cc3ccccc3CO2)c1=O. The second kappa shape index (κ2) is 6.62. The number of benzene rings is 1. The predicted molar refractivity (Wildman–Crippen MR) is 83.3 cm³/mol. The number of fused-ring (bicyclic) bond motifs is 1. The van der Waals surface area contributed by atoms with E-state index in [1.54, 1.807) is 0 Å². The Balaban J connectivity index is 1.65. The van der Waals surface area contributed by atoms with Crippen LogP contribution in [0.15, 0.2) is 41.5 Å². The zero-order chi connectivity index (χ0) is 16.2. The standard InChI is InChI=1S/C16H17N3O4/c20-14(21)9-19-6-5-17-15(16(19)22)18-8-13-7-11-3-1-2-4-12(11)10-23-13/h1-6,13H,7-10H2,(H,17,18)(H,20,21)/t13-/m0/s1. The number of aromatic nitrogens is 2. The lowest BCUT2D eigenvalue weighted by atomic mass is 9.99. The smallest absolute Gasteiger partial charge is 0.323 e. The Morgan fingerprint density at radius 3 is 2.96 bits per heavy atom. The van der Waals surface area contributed by atoms with Crippen LogP contribution < -0.4 is 10.9 Å². The van der Waals surface area contributed by atoms with Gasteiger partial charge in [-0.3, -0.25) is 14.2 Å². The lowest BCUT2D eigenvalue weighted by Crippen LogP contribution is -2.33. The minimum absolute atomic E-state index is 0.0563. The maximum atomic E-state index is 12.1. The molecular weight excluding hydrogens is 298 g/mol. The van der Waals surface area contributed by atoms with E-state index in [1.807, 2.05) is 18.2 Å². The van der Waals surface area contributed by atoms with Crippen LogP contribution in [-0.2, 0) is 29.1 Å². The van der Waals surface area contributed by atoms with E-state index in [1.165, 1.54) is 23.5 Å². The van der Waals surface area contributed by atoms with Crippen molar-refractivity contribution < 1.29 is 14.6 Å². The van der Waals surface area contributed by atoms with Gasteiger partial charge in [0.1, 0.15) is 6.54 Å². The lowest BCUT2D eigenvalue weighted by Gasteiger charge is -2.25. The normalized spacial score (nSPS) is 16.6. The molecule has 0 unspecified atom stereocenters. The Morgan fingerprint density at radius 1 is 1.39 bits per heavy atom. The highest BCUT2D eigenvalue weighted by atomic mass is 16.5. The molecule has 120 valence electrons. The predicted octanol–water partition coefficient (Wildman–Crippen LogP) is 0.881. The summed E-state index contributed by atoms with van der Waals surface area (Å²) < 4.78 is 6.87. The molecule has 1 aromatic heterocycles.